The van der Waals surface area contributed by atoms with Gasteiger partial charge in [-0.25, -0.2) is 4.98 Å². The topological polar surface area (TPSA) is 58.0 Å². The van der Waals surface area contributed by atoms with E-state index in [0.717, 1.165) is 29.5 Å². The van der Waals surface area contributed by atoms with Gasteiger partial charge < -0.3 is 10.4 Å². The number of rotatable bonds is 6. The van der Waals surface area contributed by atoms with E-state index in [-0.39, 0.29) is 0 Å². The molecule has 2 atom stereocenters. The molecule has 0 aromatic carbocycles. The van der Waals surface area contributed by atoms with Gasteiger partial charge in [0.1, 0.15) is 5.01 Å². The zero-order valence-electron chi connectivity index (χ0n) is 12.0. The summed E-state index contributed by atoms with van der Waals surface area (Å²) in [7, 11) is 0. The van der Waals surface area contributed by atoms with Crippen LogP contribution >= 0.6 is 11.3 Å². The fourth-order valence-electron chi connectivity index (χ4n) is 3.00. The average molecular weight is 303 g/mol. The lowest BCUT2D eigenvalue weighted by Crippen LogP contribution is -2.26. The second kappa shape index (κ2) is 7.11. The third-order valence-corrected chi connectivity index (χ3v) is 5.11. The van der Waals surface area contributed by atoms with Crippen LogP contribution in [0.3, 0.4) is 0 Å². The Bertz CT molecular complexity index is 558. The van der Waals surface area contributed by atoms with Crippen LogP contribution in [0.1, 0.15) is 25.0 Å². The van der Waals surface area contributed by atoms with E-state index in [1.165, 1.54) is 19.3 Å². The molecule has 112 valence electrons. The number of pyridine rings is 1. The zero-order valence-corrected chi connectivity index (χ0v) is 12.9. The molecule has 1 aliphatic carbocycles. The molecule has 0 saturated heterocycles. The molecule has 21 heavy (non-hydrogen) atoms. The minimum absolute atomic E-state index is 0.326. The first-order valence-electron chi connectivity index (χ1n) is 7.54. The first kappa shape index (κ1) is 14.6. The molecular formula is C16H21N3OS. The van der Waals surface area contributed by atoms with E-state index in [0.29, 0.717) is 18.4 Å². The minimum atomic E-state index is 0.326. The first-order chi connectivity index (χ1) is 10.4. The van der Waals surface area contributed by atoms with Crippen LogP contribution in [0.25, 0.3) is 10.7 Å². The summed E-state index contributed by atoms with van der Waals surface area (Å²) in [5.41, 5.74) is 2.00. The fraction of sp³-hybridized carbons (Fsp3) is 0.500. The van der Waals surface area contributed by atoms with Gasteiger partial charge in [0.05, 0.1) is 11.4 Å². The van der Waals surface area contributed by atoms with Crippen LogP contribution in [0.2, 0.25) is 0 Å². The van der Waals surface area contributed by atoms with Gasteiger partial charge >= 0.3 is 0 Å². The van der Waals surface area contributed by atoms with Crippen LogP contribution in [0.15, 0.2) is 29.8 Å². The number of aromatic nitrogens is 2. The third-order valence-electron chi connectivity index (χ3n) is 4.20. The predicted molar refractivity (Wildman–Crippen MR) is 85.0 cm³/mol. The molecule has 0 aliphatic heterocycles. The van der Waals surface area contributed by atoms with Gasteiger partial charge in [0.25, 0.3) is 0 Å². The first-order valence-corrected chi connectivity index (χ1v) is 8.42. The Morgan fingerprint density at radius 1 is 1.29 bits per heavy atom. The predicted octanol–water partition coefficient (Wildman–Crippen LogP) is 2.70. The van der Waals surface area contributed by atoms with Crippen molar-refractivity contribution in [2.24, 2.45) is 11.8 Å². The molecular weight excluding hydrogens is 282 g/mol. The quantitative estimate of drug-likeness (QED) is 0.861. The maximum Gasteiger partial charge on any atom is 0.142 e. The van der Waals surface area contributed by atoms with Gasteiger partial charge in [-0.2, -0.15) is 0 Å². The largest absolute Gasteiger partial charge is 0.396 e. The van der Waals surface area contributed by atoms with E-state index in [2.05, 4.69) is 20.7 Å². The second-order valence-electron chi connectivity index (χ2n) is 5.62. The van der Waals surface area contributed by atoms with Crippen LogP contribution in [-0.4, -0.2) is 28.2 Å². The maximum absolute atomic E-state index is 9.34. The molecule has 2 aromatic rings. The molecule has 2 N–H and O–H groups in total. The van der Waals surface area contributed by atoms with Crippen molar-refractivity contribution in [1.82, 2.24) is 15.3 Å². The number of aliphatic hydroxyl groups excluding tert-OH is 1. The standard InChI is InChI=1S/C16H21N3OS/c20-10-13-5-3-4-12(13)8-17-9-14-11-21-16(19-14)15-6-1-2-7-18-15/h1-2,6-7,11-13,17,20H,3-5,8-10H2. The number of hydrogen-bond donors (Lipinski definition) is 2. The second-order valence-corrected chi connectivity index (χ2v) is 6.48. The number of hydrogen-bond acceptors (Lipinski definition) is 5. The van der Waals surface area contributed by atoms with Crippen molar-refractivity contribution in [3.05, 3.63) is 35.5 Å². The van der Waals surface area contributed by atoms with E-state index in [4.69, 9.17) is 0 Å². The molecule has 1 saturated carbocycles. The van der Waals surface area contributed by atoms with Crippen molar-refractivity contribution in [2.75, 3.05) is 13.2 Å². The van der Waals surface area contributed by atoms with Crippen molar-refractivity contribution in [3.8, 4) is 10.7 Å². The molecule has 2 unspecified atom stereocenters. The Labute approximate surface area is 129 Å². The smallest absolute Gasteiger partial charge is 0.142 e. The Morgan fingerprint density at radius 2 is 2.19 bits per heavy atom. The molecule has 2 heterocycles. The molecule has 1 aliphatic rings. The molecule has 0 spiro atoms. The van der Waals surface area contributed by atoms with Crippen LogP contribution in [0, 0.1) is 11.8 Å². The van der Waals surface area contributed by atoms with Gasteiger partial charge in [-0.15, -0.1) is 11.3 Å². The van der Waals surface area contributed by atoms with Gasteiger partial charge in [0, 0.05) is 24.7 Å². The fourth-order valence-corrected chi connectivity index (χ4v) is 3.80. The van der Waals surface area contributed by atoms with Crippen LogP contribution in [-0.2, 0) is 6.54 Å². The summed E-state index contributed by atoms with van der Waals surface area (Å²) in [6.45, 7) is 2.09. The number of nitrogens with zero attached hydrogens (tertiary/aromatic N) is 2. The van der Waals surface area contributed by atoms with Gasteiger partial charge in [0.2, 0.25) is 0 Å². The molecule has 3 rings (SSSR count). The van der Waals surface area contributed by atoms with Crippen LogP contribution in [0.5, 0.6) is 0 Å². The normalized spacial score (nSPS) is 21.8. The Morgan fingerprint density at radius 3 is 3.00 bits per heavy atom. The number of aliphatic hydroxyl groups is 1. The van der Waals surface area contributed by atoms with E-state index in [9.17, 15) is 5.11 Å². The van der Waals surface area contributed by atoms with Gasteiger partial charge in [0.15, 0.2) is 0 Å². The minimum Gasteiger partial charge on any atom is -0.396 e. The summed E-state index contributed by atoms with van der Waals surface area (Å²) in [6.07, 6.45) is 5.44. The SMILES string of the molecule is OCC1CCCC1CNCc1csc(-c2ccccn2)n1. The number of nitrogens with one attached hydrogen (secondary N) is 1. The van der Waals surface area contributed by atoms with E-state index in [1.54, 1.807) is 17.5 Å². The third kappa shape index (κ3) is 3.67. The van der Waals surface area contributed by atoms with Gasteiger partial charge in [-0.1, -0.05) is 12.5 Å². The Hall–Kier alpha value is -1.30. The van der Waals surface area contributed by atoms with Gasteiger partial charge in [-0.3, -0.25) is 4.98 Å². The van der Waals surface area contributed by atoms with Crippen molar-refractivity contribution >= 4 is 11.3 Å². The van der Waals surface area contributed by atoms with Crippen molar-refractivity contribution < 1.29 is 5.11 Å². The highest BCUT2D eigenvalue weighted by Gasteiger charge is 2.25. The van der Waals surface area contributed by atoms with Crippen LogP contribution < -0.4 is 5.32 Å². The lowest BCUT2D eigenvalue weighted by atomic mass is 9.97. The summed E-state index contributed by atoms with van der Waals surface area (Å²) in [6, 6.07) is 5.88. The van der Waals surface area contributed by atoms with Crippen LogP contribution in [0.4, 0.5) is 0 Å². The summed E-state index contributed by atoms with van der Waals surface area (Å²) >= 11 is 1.64. The van der Waals surface area contributed by atoms with Gasteiger partial charge in [-0.05, 0) is 43.4 Å². The molecule has 0 bridgehead atoms. The van der Waals surface area contributed by atoms with Crippen molar-refractivity contribution in [2.45, 2.75) is 25.8 Å². The van der Waals surface area contributed by atoms with E-state index >= 15 is 0 Å². The summed E-state index contributed by atoms with van der Waals surface area (Å²) in [5, 5.41) is 15.9. The average Bonchev–Trinajstić information content (AvgIpc) is 3.17. The summed E-state index contributed by atoms with van der Waals surface area (Å²) in [5.74, 6) is 1.10. The Balaban J connectivity index is 1.51. The van der Waals surface area contributed by atoms with E-state index in [1.807, 2.05) is 18.2 Å². The highest BCUT2D eigenvalue weighted by Crippen LogP contribution is 2.30. The zero-order chi connectivity index (χ0) is 14.5. The van der Waals surface area contributed by atoms with Crippen molar-refractivity contribution in [1.29, 1.82) is 0 Å². The highest BCUT2D eigenvalue weighted by atomic mass is 32.1. The Kier molecular flexibility index (Phi) is 4.95. The molecule has 4 nitrogen and oxygen atoms in total. The lowest BCUT2D eigenvalue weighted by molar-refractivity contribution is 0.192. The molecule has 0 amide bonds. The highest BCUT2D eigenvalue weighted by molar-refractivity contribution is 7.13. The summed E-state index contributed by atoms with van der Waals surface area (Å²) < 4.78 is 0. The number of thiazole rings is 1. The molecule has 5 heteroatoms. The molecule has 2 aromatic heterocycles. The summed E-state index contributed by atoms with van der Waals surface area (Å²) in [4.78, 5) is 8.95. The van der Waals surface area contributed by atoms with E-state index < -0.39 is 0 Å². The maximum atomic E-state index is 9.34. The molecule has 0 radical (unpaired) electrons. The lowest BCUT2D eigenvalue weighted by Gasteiger charge is -2.17. The molecule has 1 fully saturated rings. The monoisotopic (exact) mass is 303 g/mol. The van der Waals surface area contributed by atoms with Crippen molar-refractivity contribution in [3.63, 3.8) is 0 Å².